The lowest BCUT2D eigenvalue weighted by Crippen LogP contribution is -2.19. The van der Waals surface area contributed by atoms with Gasteiger partial charge in [-0.15, -0.1) is 0 Å². The fourth-order valence-electron chi connectivity index (χ4n) is 2.26. The van der Waals surface area contributed by atoms with Crippen LogP contribution in [-0.4, -0.2) is 18.6 Å². The van der Waals surface area contributed by atoms with Crippen molar-refractivity contribution in [1.82, 2.24) is 10.3 Å². The summed E-state index contributed by atoms with van der Waals surface area (Å²) in [6.45, 7) is 3.35. The van der Waals surface area contributed by atoms with Crippen LogP contribution in [-0.2, 0) is 6.42 Å². The number of rotatable bonds is 5. The van der Waals surface area contributed by atoms with Crippen LogP contribution in [0.15, 0.2) is 30.5 Å². The van der Waals surface area contributed by atoms with Crippen LogP contribution in [0.2, 0.25) is 0 Å². The van der Waals surface area contributed by atoms with Crippen LogP contribution in [0, 0.1) is 5.92 Å². The van der Waals surface area contributed by atoms with E-state index in [1.54, 1.807) is 0 Å². The Morgan fingerprint density at radius 1 is 1.31 bits per heavy atom. The Bertz CT molecular complexity index is 445. The van der Waals surface area contributed by atoms with Crippen LogP contribution >= 0.6 is 0 Å². The van der Waals surface area contributed by atoms with Crippen molar-refractivity contribution in [3.05, 3.63) is 36.0 Å². The SMILES string of the molecule is CCC(CNC)Cc1c[nH]c2ccccc12. The van der Waals surface area contributed by atoms with Gasteiger partial charge in [0.05, 0.1) is 0 Å². The van der Waals surface area contributed by atoms with Crippen molar-refractivity contribution in [1.29, 1.82) is 0 Å². The van der Waals surface area contributed by atoms with Crippen molar-refractivity contribution >= 4 is 10.9 Å². The number of fused-ring (bicyclic) bond motifs is 1. The van der Waals surface area contributed by atoms with Crippen molar-refractivity contribution in [3.63, 3.8) is 0 Å². The first-order valence-corrected chi connectivity index (χ1v) is 6.04. The second-order valence-corrected chi connectivity index (χ2v) is 4.40. The topological polar surface area (TPSA) is 27.8 Å². The summed E-state index contributed by atoms with van der Waals surface area (Å²) in [5, 5.41) is 4.64. The molecule has 0 amide bonds. The average Bonchev–Trinajstić information content (AvgIpc) is 2.72. The fourth-order valence-corrected chi connectivity index (χ4v) is 2.26. The number of hydrogen-bond donors (Lipinski definition) is 2. The van der Waals surface area contributed by atoms with E-state index in [4.69, 9.17) is 0 Å². The zero-order valence-corrected chi connectivity index (χ0v) is 10.1. The summed E-state index contributed by atoms with van der Waals surface area (Å²) in [6, 6.07) is 8.53. The van der Waals surface area contributed by atoms with E-state index in [9.17, 15) is 0 Å². The summed E-state index contributed by atoms with van der Waals surface area (Å²) in [7, 11) is 2.03. The molecule has 1 aromatic heterocycles. The third-order valence-electron chi connectivity index (χ3n) is 3.25. The molecule has 0 aliphatic rings. The van der Waals surface area contributed by atoms with E-state index in [0.717, 1.165) is 18.9 Å². The van der Waals surface area contributed by atoms with Crippen LogP contribution in [0.25, 0.3) is 10.9 Å². The number of nitrogens with one attached hydrogen (secondary N) is 2. The van der Waals surface area contributed by atoms with Gasteiger partial charge < -0.3 is 10.3 Å². The zero-order valence-electron chi connectivity index (χ0n) is 10.1. The molecule has 1 unspecified atom stereocenters. The fraction of sp³-hybridized carbons (Fsp3) is 0.429. The summed E-state index contributed by atoms with van der Waals surface area (Å²) in [6.07, 6.45) is 4.53. The van der Waals surface area contributed by atoms with E-state index in [-0.39, 0.29) is 0 Å². The largest absolute Gasteiger partial charge is 0.361 e. The molecule has 2 N–H and O–H groups in total. The summed E-state index contributed by atoms with van der Waals surface area (Å²) in [5.74, 6) is 0.726. The van der Waals surface area contributed by atoms with E-state index in [1.807, 2.05) is 7.05 Å². The van der Waals surface area contributed by atoms with Gasteiger partial charge >= 0.3 is 0 Å². The van der Waals surface area contributed by atoms with Crippen LogP contribution in [0.3, 0.4) is 0 Å². The van der Waals surface area contributed by atoms with Gasteiger partial charge in [0.25, 0.3) is 0 Å². The highest BCUT2D eigenvalue weighted by molar-refractivity contribution is 5.83. The van der Waals surface area contributed by atoms with E-state index >= 15 is 0 Å². The van der Waals surface area contributed by atoms with Gasteiger partial charge in [-0.05, 0) is 37.6 Å². The highest BCUT2D eigenvalue weighted by atomic mass is 14.8. The molecule has 0 saturated heterocycles. The molecule has 1 heterocycles. The maximum absolute atomic E-state index is 3.34. The molecular formula is C14H20N2. The number of hydrogen-bond acceptors (Lipinski definition) is 1. The number of H-pyrrole nitrogens is 1. The lowest BCUT2D eigenvalue weighted by atomic mass is 9.96. The average molecular weight is 216 g/mol. The Morgan fingerprint density at radius 2 is 2.12 bits per heavy atom. The van der Waals surface area contributed by atoms with E-state index in [1.165, 1.54) is 22.9 Å². The minimum Gasteiger partial charge on any atom is -0.361 e. The summed E-state index contributed by atoms with van der Waals surface area (Å²) >= 11 is 0. The molecule has 2 aromatic rings. The molecule has 0 saturated carbocycles. The van der Waals surface area contributed by atoms with Gasteiger partial charge in [-0.2, -0.15) is 0 Å². The van der Waals surface area contributed by atoms with Gasteiger partial charge in [-0.25, -0.2) is 0 Å². The molecule has 0 radical (unpaired) electrons. The van der Waals surface area contributed by atoms with Gasteiger partial charge in [0.1, 0.15) is 0 Å². The van der Waals surface area contributed by atoms with Gasteiger partial charge in [-0.3, -0.25) is 0 Å². The van der Waals surface area contributed by atoms with Crippen LogP contribution in [0.1, 0.15) is 18.9 Å². The van der Waals surface area contributed by atoms with E-state index < -0.39 is 0 Å². The molecule has 2 rings (SSSR count). The Morgan fingerprint density at radius 3 is 2.88 bits per heavy atom. The number of benzene rings is 1. The molecule has 0 spiro atoms. The molecule has 86 valence electrons. The van der Waals surface area contributed by atoms with Crippen molar-refractivity contribution in [2.45, 2.75) is 19.8 Å². The lowest BCUT2D eigenvalue weighted by Gasteiger charge is -2.13. The maximum atomic E-state index is 3.34. The van der Waals surface area contributed by atoms with Gasteiger partial charge in [0.2, 0.25) is 0 Å². The number of para-hydroxylation sites is 1. The molecule has 0 aliphatic heterocycles. The predicted octanol–water partition coefficient (Wildman–Crippen LogP) is 2.96. The molecule has 2 heteroatoms. The van der Waals surface area contributed by atoms with Gasteiger partial charge in [0.15, 0.2) is 0 Å². The molecule has 16 heavy (non-hydrogen) atoms. The Kier molecular flexibility index (Phi) is 3.62. The molecule has 2 nitrogen and oxygen atoms in total. The normalized spacial score (nSPS) is 13.1. The first-order chi connectivity index (χ1) is 7.85. The van der Waals surface area contributed by atoms with Crippen molar-refractivity contribution in [2.24, 2.45) is 5.92 Å². The molecule has 1 aromatic carbocycles. The smallest absolute Gasteiger partial charge is 0.0456 e. The second kappa shape index (κ2) is 5.17. The lowest BCUT2D eigenvalue weighted by molar-refractivity contribution is 0.482. The Balaban J connectivity index is 2.20. The molecular weight excluding hydrogens is 196 g/mol. The summed E-state index contributed by atoms with van der Waals surface area (Å²) in [4.78, 5) is 3.34. The monoisotopic (exact) mass is 216 g/mol. The third kappa shape index (κ3) is 2.27. The first-order valence-electron chi connectivity index (χ1n) is 6.04. The molecule has 0 bridgehead atoms. The zero-order chi connectivity index (χ0) is 11.4. The quantitative estimate of drug-likeness (QED) is 0.790. The van der Waals surface area contributed by atoms with E-state index in [2.05, 4.69) is 47.7 Å². The Labute approximate surface area is 97.1 Å². The van der Waals surface area contributed by atoms with Crippen LogP contribution < -0.4 is 5.32 Å². The maximum Gasteiger partial charge on any atom is 0.0456 e. The summed E-state index contributed by atoms with van der Waals surface area (Å²) < 4.78 is 0. The molecule has 1 atom stereocenters. The van der Waals surface area contributed by atoms with Crippen molar-refractivity contribution in [3.8, 4) is 0 Å². The third-order valence-corrected chi connectivity index (χ3v) is 3.25. The highest BCUT2D eigenvalue weighted by Gasteiger charge is 2.09. The highest BCUT2D eigenvalue weighted by Crippen LogP contribution is 2.21. The second-order valence-electron chi connectivity index (χ2n) is 4.40. The standard InChI is InChI=1S/C14H20N2/c1-3-11(9-15-2)8-12-10-16-14-7-5-4-6-13(12)14/h4-7,10-11,15-16H,3,8-9H2,1-2H3. The van der Waals surface area contributed by atoms with Gasteiger partial charge in [-0.1, -0.05) is 31.5 Å². The number of aromatic amines is 1. The summed E-state index contributed by atoms with van der Waals surface area (Å²) in [5.41, 5.74) is 2.69. The first kappa shape index (κ1) is 11.2. The minimum absolute atomic E-state index is 0.726. The van der Waals surface area contributed by atoms with Crippen molar-refractivity contribution < 1.29 is 0 Å². The number of aromatic nitrogens is 1. The van der Waals surface area contributed by atoms with E-state index in [0.29, 0.717) is 0 Å². The van der Waals surface area contributed by atoms with Gasteiger partial charge in [0, 0.05) is 17.1 Å². The molecule has 0 fully saturated rings. The predicted molar refractivity (Wildman–Crippen MR) is 69.7 cm³/mol. The van der Waals surface area contributed by atoms with Crippen molar-refractivity contribution in [2.75, 3.05) is 13.6 Å². The Hall–Kier alpha value is -1.28. The molecule has 0 aliphatic carbocycles. The minimum atomic E-state index is 0.726. The van der Waals surface area contributed by atoms with Crippen LogP contribution in [0.5, 0.6) is 0 Å². The van der Waals surface area contributed by atoms with Crippen LogP contribution in [0.4, 0.5) is 0 Å².